The summed E-state index contributed by atoms with van der Waals surface area (Å²) in [5, 5.41) is -0.319. The van der Waals surface area contributed by atoms with Crippen molar-refractivity contribution in [2.45, 2.75) is 43.1 Å². The van der Waals surface area contributed by atoms with E-state index in [1.165, 1.54) is 12.5 Å². The van der Waals surface area contributed by atoms with Gasteiger partial charge >= 0.3 is 0 Å². The van der Waals surface area contributed by atoms with E-state index in [1.54, 1.807) is 17.8 Å². The third kappa shape index (κ3) is 5.03. The van der Waals surface area contributed by atoms with E-state index >= 15 is 0 Å². The molecule has 0 saturated carbocycles. The summed E-state index contributed by atoms with van der Waals surface area (Å²) >= 11 is 1.73. The zero-order chi connectivity index (χ0) is 27.6. The topological polar surface area (TPSA) is 50.5 Å². The maximum absolute atomic E-state index is 13.9. The minimum Gasteiger partial charge on any atom is -0.472 e. The van der Waals surface area contributed by atoms with Crippen LogP contribution in [0.2, 0.25) is 19.1 Å². The van der Waals surface area contributed by atoms with Crippen molar-refractivity contribution in [3.8, 4) is 0 Å². The summed E-state index contributed by atoms with van der Waals surface area (Å²) in [6, 6.07) is 34.0. The van der Waals surface area contributed by atoms with Crippen LogP contribution < -0.4 is 0 Å². The zero-order valence-corrected chi connectivity index (χ0v) is 24.7. The quantitative estimate of drug-likeness (QED) is 0.0660. The van der Waals surface area contributed by atoms with Crippen LogP contribution in [0.5, 0.6) is 0 Å². The Balaban J connectivity index is 1.71. The van der Waals surface area contributed by atoms with Gasteiger partial charge in [0.1, 0.15) is 12.2 Å². The number of Topliss-reactive ketones (excluding diaryl/α,β-unsaturated/α-hetero) is 1. The van der Waals surface area contributed by atoms with Crippen LogP contribution in [0, 0.1) is 11.8 Å². The number of hydrogen-bond donors (Lipinski definition) is 0. The number of hydrogen-bond acceptors (Lipinski definition) is 4. The van der Waals surface area contributed by atoms with E-state index in [4.69, 9.17) is 4.42 Å². The maximum Gasteiger partial charge on any atom is 0.229 e. The molecular weight excluding hydrogens is 519 g/mol. The molecule has 4 aromatic rings. The van der Waals surface area contributed by atoms with Crippen molar-refractivity contribution in [1.82, 2.24) is 4.57 Å². The fourth-order valence-electron chi connectivity index (χ4n) is 6.05. The van der Waals surface area contributed by atoms with Gasteiger partial charge in [-0.25, -0.2) is 0 Å². The second kappa shape index (κ2) is 11.0. The van der Waals surface area contributed by atoms with Gasteiger partial charge in [-0.2, -0.15) is 0 Å². The Morgan fingerprint density at radius 1 is 0.872 bits per heavy atom. The first-order chi connectivity index (χ1) is 18.8. The fourth-order valence-corrected chi connectivity index (χ4v) is 12.6. The molecule has 0 spiro atoms. The van der Waals surface area contributed by atoms with Gasteiger partial charge in [-0.1, -0.05) is 118 Å². The Bertz CT molecular complexity index is 1310. The monoisotopic (exact) mass is 553 g/mol. The van der Waals surface area contributed by atoms with Crippen molar-refractivity contribution in [1.29, 1.82) is 0 Å². The van der Waals surface area contributed by atoms with Crippen molar-refractivity contribution < 1.29 is 14.0 Å². The Kier molecular flexibility index (Phi) is 7.70. The Morgan fingerprint density at radius 2 is 1.36 bits per heavy atom. The summed E-state index contributed by atoms with van der Waals surface area (Å²) in [5.74, 6) is -0.531. The molecule has 39 heavy (non-hydrogen) atoms. The van der Waals surface area contributed by atoms with E-state index in [1.807, 2.05) is 18.2 Å². The first-order valence-corrected chi connectivity index (χ1v) is 17.5. The molecule has 1 aliphatic rings. The van der Waals surface area contributed by atoms with Crippen LogP contribution in [-0.4, -0.2) is 29.9 Å². The molecule has 1 fully saturated rings. The third-order valence-electron chi connectivity index (χ3n) is 7.53. The predicted octanol–water partition coefficient (Wildman–Crippen LogP) is 7.83. The van der Waals surface area contributed by atoms with Gasteiger partial charge in [-0.15, -0.1) is 11.8 Å². The second-order valence-electron chi connectivity index (χ2n) is 11.3. The molecule has 5 rings (SSSR count). The molecule has 1 saturated heterocycles. The minimum atomic E-state index is -2.20. The van der Waals surface area contributed by atoms with Crippen molar-refractivity contribution in [2.75, 3.05) is 0 Å². The van der Waals surface area contributed by atoms with E-state index < -0.39 is 18.9 Å². The van der Waals surface area contributed by atoms with Crippen LogP contribution in [0.3, 0.4) is 0 Å². The standard InChI is InChI=1S/C33H35NO3SSi/c1-24(2)23-39(3,4)34-31(36)29(30(35)25-20-21-37-22-25)32(34)38-33(26-14-8-5-9-15-26,27-16-10-6-11-17-27)28-18-12-7-13-19-28/h5-22,24,29,32H,23H2,1-4H3. The molecule has 0 radical (unpaired) electrons. The van der Waals surface area contributed by atoms with Crippen LogP contribution in [0.4, 0.5) is 0 Å². The number of carbonyl (C=O) groups excluding carboxylic acids is 2. The lowest BCUT2D eigenvalue weighted by Crippen LogP contribution is -2.71. The predicted molar refractivity (Wildman–Crippen MR) is 161 cm³/mol. The van der Waals surface area contributed by atoms with Gasteiger partial charge in [-0.05, 0) is 34.7 Å². The highest BCUT2D eigenvalue weighted by Gasteiger charge is 2.59. The maximum atomic E-state index is 13.9. The average molecular weight is 554 g/mol. The number of benzene rings is 3. The lowest BCUT2D eigenvalue weighted by molar-refractivity contribution is -0.140. The number of ketones is 1. The summed E-state index contributed by atoms with van der Waals surface area (Å²) in [6.07, 6.45) is 2.95. The van der Waals surface area contributed by atoms with Gasteiger partial charge < -0.3 is 8.98 Å². The number of amides is 1. The highest BCUT2D eigenvalue weighted by molar-refractivity contribution is 8.01. The Hall–Kier alpha value is -3.35. The van der Waals surface area contributed by atoms with Crippen LogP contribution in [-0.2, 0) is 9.54 Å². The SMILES string of the molecule is CC(C)C[Si](C)(C)N1C(=O)C(C(=O)c2ccoc2)C1SC(c1ccccc1)(c1ccccc1)c1ccccc1. The average Bonchev–Trinajstić information content (AvgIpc) is 3.47. The van der Waals surface area contributed by atoms with Gasteiger partial charge in [-0.3, -0.25) is 9.59 Å². The van der Waals surface area contributed by atoms with Crippen molar-refractivity contribution in [3.05, 3.63) is 132 Å². The minimum absolute atomic E-state index is 0.0564. The van der Waals surface area contributed by atoms with E-state index in [-0.39, 0.29) is 17.1 Å². The number of furan rings is 1. The second-order valence-corrected chi connectivity index (χ2v) is 17.1. The Labute approximate surface area is 236 Å². The number of carbonyl (C=O) groups is 2. The van der Waals surface area contributed by atoms with Crippen molar-refractivity contribution >= 4 is 31.7 Å². The summed E-state index contributed by atoms with van der Waals surface area (Å²) in [4.78, 5) is 27.7. The van der Waals surface area contributed by atoms with Crippen LogP contribution in [0.15, 0.2) is 114 Å². The number of rotatable bonds is 10. The first kappa shape index (κ1) is 27.2. The zero-order valence-electron chi connectivity index (χ0n) is 22.9. The number of β-lactam (4-membered cyclic amide) rings is 1. The summed E-state index contributed by atoms with van der Waals surface area (Å²) < 4.78 is 6.70. The lowest BCUT2D eigenvalue weighted by atomic mass is 9.84. The first-order valence-electron chi connectivity index (χ1n) is 13.5. The molecule has 200 valence electrons. The smallest absolute Gasteiger partial charge is 0.229 e. The van der Waals surface area contributed by atoms with Gasteiger partial charge in [0.05, 0.1) is 21.9 Å². The largest absolute Gasteiger partial charge is 0.472 e. The van der Waals surface area contributed by atoms with Gasteiger partial charge in [0.2, 0.25) is 5.91 Å². The molecular formula is C33H35NO3SSi. The number of nitrogens with zero attached hydrogens (tertiary/aromatic N) is 1. The molecule has 1 amide bonds. The molecule has 2 unspecified atom stereocenters. The molecule has 0 bridgehead atoms. The molecule has 0 aliphatic carbocycles. The fraction of sp³-hybridized carbons (Fsp3) is 0.273. The van der Waals surface area contributed by atoms with Crippen LogP contribution in [0.1, 0.15) is 40.9 Å². The van der Waals surface area contributed by atoms with Crippen molar-refractivity contribution in [2.24, 2.45) is 11.8 Å². The molecule has 2 atom stereocenters. The van der Waals surface area contributed by atoms with Crippen LogP contribution >= 0.6 is 11.8 Å². The normalized spacial score (nSPS) is 17.8. The van der Waals surface area contributed by atoms with Gasteiger partial charge in [0, 0.05) is 0 Å². The van der Waals surface area contributed by atoms with E-state index in [2.05, 4.69) is 104 Å². The molecule has 1 aromatic heterocycles. The molecule has 4 nitrogen and oxygen atoms in total. The molecule has 2 heterocycles. The van der Waals surface area contributed by atoms with Gasteiger partial charge in [0.15, 0.2) is 14.0 Å². The van der Waals surface area contributed by atoms with E-state index in [0.29, 0.717) is 11.5 Å². The van der Waals surface area contributed by atoms with Crippen LogP contribution in [0.25, 0.3) is 0 Å². The lowest BCUT2D eigenvalue weighted by Gasteiger charge is -2.56. The highest BCUT2D eigenvalue weighted by atomic mass is 32.2. The molecule has 3 aromatic carbocycles. The molecule has 6 heteroatoms. The summed E-state index contributed by atoms with van der Waals surface area (Å²) in [6.45, 7) is 8.92. The molecule has 1 aliphatic heterocycles. The summed E-state index contributed by atoms with van der Waals surface area (Å²) in [7, 11) is -2.20. The van der Waals surface area contributed by atoms with Gasteiger partial charge in [0.25, 0.3) is 0 Å². The number of thioether (sulfide) groups is 1. The van der Waals surface area contributed by atoms with E-state index in [0.717, 1.165) is 22.7 Å². The summed E-state index contributed by atoms with van der Waals surface area (Å²) in [5.41, 5.74) is 3.80. The van der Waals surface area contributed by atoms with E-state index in [9.17, 15) is 9.59 Å². The molecule has 0 N–H and O–H groups in total. The van der Waals surface area contributed by atoms with Crippen molar-refractivity contribution in [3.63, 3.8) is 0 Å². The third-order valence-corrected chi connectivity index (χ3v) is 13.1. The Morgan fingerprint density at radius 3 is 1.77 bits per heavy atom. The highest BCUT2D eigenvalue weighted by Crippen LogP contribution is 2.56.